The van der Waals surface area contributed by atoms with E-state index >= 15 is 0 Å². The number of nitrogens with zero attached hydrogens (tertiary/aromatic N) is 8. The third kappa shape index (κ3) is 7.33. The van der Waals surface area contributed by atoms with Crippen molar-refractivity contribution < 1.29 is 18.3 Å². The van der Waals surface area contributed by atoms with Crippen molar-refractivity contribution >= 4 is 64.9 Å². The van der Waals surface area contributed by atoms with E-state index in [2.05, 4.69) is 0 Å². The van der Waals surface area contributed by atoms with E-state index in [1.165, 1.54) is 28.7 Å². The standard InChI is InChI=1S/C50H46N8O8S2/c1-29-45-39(24-43(59)53(29)25-32-11-9-20-64-32)56(58(48(45)62)50-52-37-13-4-6-15-42(37)68-50)28-35-22-31(18-21-65-35)40-17-16-34(66-40)26-54-30(2)46-38(23-44(54)60)55(27-33-10-7-8-19-63-33)57(47(46)61)49-51-36-12-3-5-14-41(36)67-49/h3-6,9,11-17,20,23-24,31,33,35H,7-8,10,18-19,21-22,25-28H2,1-2H3. The van der Waals surface area contributed by atoms with E-state index in [0.717, 1.165) is 45.5 Å². The molecule has 346 valence electrons. The molecular weight excluding hydrogens is 905 g/mol. The van der Waals surface area contributed by atoms with Crippen LogP contribution >= 0.6 is 22.7 Å². The number of thiazole rings is 2. The van der Waals surface area contributed by atoms with Crippen molar-refractivity contribution in [1.29, 1.82) is 0 Å². The van der Waals surface area contributed by atoms with Crippen LogP contribution < -0.4 is 22.2 Å². The number of pyridine rings is 2. The van der Waals surface area contributed by atoms with Gasteiger partial charge in [0.1, 0.15) is 17.3 Å². The first-order valence-electron chi connectivity index (χ1n) is 22.9. The summed E-state index contributed by atoms with van der Waals surface area (Å²) in [6, 6.07) is 26.0. The lowest BCUT2D eigenvalue weighted by molar-refractivity contribution is -0.00838. The Morgan fingerprint density at radius 2 is 1.22 bits per heavy atom. The Balaban J connectivity index is 0.854. The van der Waals surface area contributed by atoms with E-state index in [1.807, 2.05) is 77.0 Å². The zero-order valence-corrected chi connectivity index (χ0v) is 39.0. The van der Waals surface area contributed by atoms with Crippen LogP contribution in [0.5, 0.6) is 0 Å². The topological polar surface area (TPSA) is 168 Å². The van der Waals surface area contributed by atoms with Crippen LogP contribution in [0.4, 0.5) is 0 Å². The highest BCUT2D eigenvalue weighted by Crippen LogP contribution is 2.34. The molecule has 0 aliphatic carbocycles. The summed E-state index contributed by atoms with van der Waals surface area (Å²) in [4.78, 5) is 66.8. The molecule has 16 nitrogen and oxygen atoms in total. The second kappa shape index (κ2) is 17.0. The summed E-state index contributed by atoms with van der Waals surface area (Å²) in [6.45, 7) is 5.73. The first kappa shape index (κ1) is 42.5. The minimum Gasteiger partial charge on any atom is -0.467 e. The van der Waals surface area contributed by atoms with Gasteiger partial charge in [0, 0.05) is 42.7 Å². The summed E-state index contributed by atoms with van der Waals surface area (Å²) in [6.07, 6.45) is 5.29. The van der Waals surface area contributed by atoms with Gasteiger partial charge in [0.25, 0.3) is 22.2 Å². The summed E-state index contributed by atoms with van der Waals surface area (Å²) in [5.41, 5.74) is 2.68. The maximum atomic E-state index is 14.6. The van der Waals surface area contributed by atoms with Gasteiger partial charge in [-0.15, -0.1) is 0 Å². The van der Waals surface area contributed by atoms with Gasteiger partial charge in [-0.25, -0.2) is 9.97 Å². The summed E-state index contributed by atoms with van der Waals surface area (Å²) >= 11 is 2.85. The Labute approximate surface area is 394 Å². The maximum Gasteiger partial charge on any atom is 0.283 e. The molecular formula is C50H46N8O8S2. The number of fused-ring (bicyclic) bond motifs is 4. The van der Waals surface area contributed by atoms with E-state index in [1.54, 1.807) is 49.9 Å². The molecule has 2 aromatic carbocycles. The van der Waals surface area contributed by atoms with Gasteiger partial charge in [-0.2, -0.15) is 9.36 Å². The number of benzene rings is 2. The fraction of sp³-hybridized carbons (Fsp3) is 0.320. The molecule has 10 aromatic rings. The number of hydrogen-bond donors (Lipinski definition) is 0. The van der Waals surface area contributed by atoms with Crippen molar-refractivity contribution in [2.24, 2.45) is 0 Å². The predicted octanol–water partition coefficient (Wildman–Crippen LogP) is 7.87. The van der Waals surface area contributed by atoms with Crippen LogP contribution in [0.25, 0.3) is 52.5 Å². The van der Waals surface area contributed by atoms with Crippen LogP contribution in [-0.2, 0) is 35.7 Å². The fourth-order valence-corrected chi connectivity index (χ4v) is 12.1. The molecule has 0 radical (unpaired) electrons. The van der Waals surface area contributed by atoms with E-state index < -0.39 is 0 Å². The Morgan fingerprint density at radius 1 is 0.632 bits per heavy atom. The number of para-hydroxylation sites is 2. The zero-order valence-electron chi connectivity index (χ0n) is 37.3. The molecule has 12 rings (SSSR count). The second-order valence-corrected chi connectivity index (χ2v) is 19.8. The van der Waals surface area contributed by atoms with E-state index in [9.17, 15) is 19.2 Å². The highest BCUT2D eigenvalue weighted by atomic mass is 32.1. The average molecular weight is 951 g/mol. The second-order valence-electron chi connectivity index (χ2n) is 17.7. The SMILES string of the molecule is Cc1c2c(=O)n(-c3nc4ccccc4s3)n(CC3CC(c4ccc(Cn5c(C)c6c(=O)n(-c7nc8ccccc8s7)n(CC7CCCCO7)c6cc5=O)o4)CCO3)c2cc(=O)n1Cc1ccco1. The van der Waals surface area contributed by atoms with Gasteiger partial charge in [-0.05, 0) is 94.5 Å². The lowest BCUT2D eigenvalue weighted by atomic mass is 9.93. The molecule has 2 aliphatic rings. The first-order chi connectivity index (χ1) is 33.2. The van der Waals surface area contributed by atoms with Gasteiger partial charge in [-0.1, -0.05) is 46.9 Å². The minimum atomic E-state index is -0.350. The third-order valence-corrected chi connectivity index (χ3v) is 15.6. The Kier molecular flexibility index (Phi) is 10.6. The summed E-state index contributed by atoms with van der Waals surface area (Å²) in [5.74, 6) is 1.91. The van der Waals surface area contributed by atoms with Gasteiger partial charge < -0.3 is 27.4 Å². The van der Waals surface area contributed by atoms with Crippen LogP contribution in [0.1, 0.15) is 66.7 Å². The highest BCUT2D eigenvalue weighted by Gasteiger charge is 2.31. The minimum absolute atomic E-state index is 0.0310. The molecule has 18 heteroatoms. The number of rotatable bonds is 11. The molecule has 3 unspecified atom stereocenters. The number of ether oxygens (including phenoxy) is 2. The van der Waals surface area contributed by atoms with Crippen molar-refractivity contribution in [3.05, 3.63) is 161 Å². The lowest BCUT2D eigenvalue weighted by Crippen LogP contribution is -2.32. The molecule has 68 heavy (non-hydrogen) atoms. The monoisotopic (exact) mass is 950 g/mol. The molecule has 2 aliphatic heterocycles. The van der Waals surface area contributed by atoms with E-state index in [-0.39, 0.29) is 60.0 Å². The molecule has 0 bridgehead atoms. The van der Waals surface area contributed by atoms with Crippen molar-refractivity contribution in [2.45, 2.75) is 90.3 Å². The quantitative estimate of drug-likeness (QED) is 0.124. The van der Waals surface area contributed by atoms with Crippen LogP contribution in [0.3, 0.4) is 0 Å². The van der Waals surface area contributed by atoms with Crippen molar-refractivity contribution in [3.8, 4) is 10.3 Å². The first-order valence-corrected chi connectivity index (χ1v) is 24.6. The molecule has 0 N–H and O–H groups in total. The number of aryl methyl sites for hydroxylation is 2. The van der Waals surface area contributed by atoms with Crippen molar-refractivity contribution in [3.63, 3.8) is 0 Å². The summed E-state index contributed by atoms with van der Waals surface area (Å²) in [5, 5.41) is 1.91. The largest absolute Gasteiger partial charge is 0.467 e. The van der Waals surface area contributed by atoms with Crippen LogP contribution in [0.2, 0.25) is 0 Å². The smallest absolute Gasteiger partial charge is 0.283 e. The maximum absolute atomic E-state index is 14.6. The summed E-state index contributed by atoms with van der Waals surface area (Å²) < 4.78 is 36.6. The van der Waals surface area contributed by atoms with Crippen molar-refractivity contribution in [1.82, 2.24) is 37.8 Å². The summed E-state index contributed by atoms with van der Waals surface area (Å²) in [7, 11) is 0. The number of furan rings is 2. The Morgan fingerprint density at radius 3 is 1.79 bits per heavy atom. The fourth-order valence-electron chi connectivity index (χ4n) is 10.1. The van der Waals surface area contributed by atoms with Crippen molar-refractivity contribution in [2.75, 3.05) is 13.2 Å². The Hall–Kier alpha value is -6.86. The Bertz CT molecular complexity index is 3730. The van der Waals surface area contributed by atoms with E-state index in [0.29, 0.717) is 87.6 Å². The average Bonchev–Trinajstić information content (AvgIpc) is 4.22. The molecule has 2 fully saturated rings. The van der Waals surface area contributed by atoms with E-state index in [4.69, 9.17) is 28.3 Å². The van der Waals surface area contributed by atoms with Gasteiger partial charge >= 0.3 is 0 Å². The number of hydrogen-bond acceptors (Lipinski definition) is 12. The number of aromatic nitrogens is 8. The van der Waals surface area contributed by atoms with Crippen LogP contribution in [0, 0.1) is 13.8 Å². The molecule has 8 aromatic heterocycles. The van der Waals surface area contributed by atoms with Gasteiger partial charge in [0.2, 0.25) is 10.3 Å². The molecule has 0 saturated carbocycles. The molecule has 2 saturated heterocycles. The molecule has 3 atom stereocenters. The third-order valence-electron chi connectivity index (χ3n) is 13.6. The van der Waals surface area contributed by atoms with Gasteiger partial charge in [0.15, 0.2) is 0 Å². The lowest BCUT2D eigenvalue weighted by Gasteiger charge is -2.29. The van der Waals surface area contributed by atoms with Crippen LogP contribution in [-0.4, -0.2) is 63.3 Å². The highest BCUT2D eigenvalue weighted by molar-refractivity contribution is 7.21. The normalized spacial score (nSPS) is 17.9. The van der Waals surface area contributed by atoms with Gasteiger partial charge in [-0.3, -0.25) is 28.5 Å². The zero-order chi connectivity index (χ0) is 46.2. The predicted molar refractivity (Wildman–Crippen MR) is 260 cm³/mol. The van der Waals surface area contributed by atoms with Crippen LogP contribution in [0.15, 0.2) is 119 Å². The molecule has 10 heterocycles. The molecule has 0 amide bonds. The van der Waals surface area contributed by atoms with Gasteiger partial charge in [0.05, 0.1) is 86.9 Å². The molecule has 0 spiro atoms.